The number of nitriles is 1. The number of ether oxygens (including phenoxy) is 2. The van der Waals surface area contributed by atoms with Crippen molar-refractivity contribution in [1.29, 1.82) is 5.26 Å². The molecule has 2 aliphatic rings. The molecule has 10 heteroatoms. The summed E-state index contributed by atoms with van der Waals surface area (Å²) in [7, 11) is 4.23. The average molecular weight is 428 g/mol. The normalized spacial score (nSPS) is 20.6. The molecule has 30 heavy (non-hydrogen) atoms. The number of amides is 2. The molecule has 3 N–H and O–H groups in total. The van der Waals surface area contributed by atoms with Gasteiger partial charge in [-0.3, -0.25) is 19.3 Å². The first-order chi connectivity index (χ1) is 14.4. The predicted molar refractivity (Wildman–Crippen MR) is 109 cm³/mol. The smallest absolute Gasteiger partial charge is 0.307 e. The zero-order chi connectivity index (χ0) is 22.0. The van der Waals surface area contributed by atoms with Gasteiger partial charge in [0.1, 0.15) is 16.8 Å². The molecule has 1 aromatic rings. The first-order valence-electron chi connectivity index (χ1n) is 8.95. The van der Waals surface area contributed by atoms with Crippen LogP contribution >= 0.6 is 11.8 Å². The van der Waals surface area contributed by atoms with Crippen molar-refractivity contribution in [1.82, 2.24) is 10.2 Å². The zero-order valence-electron chi connectivity index (χ0n) is 16.6. The number of allylic oxidation sites excluding steroid dienone is 1. The number of nitrogens with zero attached hydrogens (tertiary/aromatic N) is 2. The summed E-state index contributed by atoms with van der Waals surface area (Å²) in [5.41, 5.74) is 7.16. The van der Waals surface area contributed by atoms with E-state index in [0.717, 1.165) is 16.7 Å². The molecule has 0 aliphatic carbocycles. The number of esters is 1. The molecular weight excluding hydrogens is 408 g/mol. The van der Waals surface area contributed by atoms with Crippen molar-refractivity contribution in [3.05, 3.63) is 51.8 Å². The number of rotatable bonds is 5. The maximum atomic E-state index is 12.9. The van der Waals surface area contributed by atoms with Crippen LogP contribution in [0.2, 0.25) is 0 Å². The Kier molecular flexibility index (Phi) is 6.03. The van der Waals surface area contributed by atoms with Gasteiger partial charge in [-0.2, -0.15) is 5.26 Å². The average Bonchev–Trinajstić information content (AvgIpc) is 3.08. The van der Waals surface area contributed by atoms with Crippen molar-refractivity contribution in [2.24, 2.45) is 5.73 Å². The summed E-state index contributed by atoms with van der Waals surface area (Å²) >= 11 is 1.07. The van der Waals surface area contributed by atoms with Gasteiger partial charge >= 0.3 is 5.97 Å². The maximum absolute atomic E-state index is 12.9. The van der Waals surface area contributed by atoms with Crippen molar-refractivity contribution in [2.45, 2.75) is 17.6 Å². The van der Waals surface area contributed by atoms with Crippen LogP contribution in [0.4, 0.5) is 0 Å². The standard InChI is InChI=1S/C20H20N4O5S/c1-23-18(26)16-15(10-4-6-11(28-2)7-5-10)12(9-21)17(22)24-19(27)13(30-20(16)24)8-14(25)29-3/h4-7,13,15H,8,22H2,1-3H3,(H,23,26). The fourth-order valence-electron chi connectivity index (χ4n) is 3.41. The van der Waals surface area contributed by atoms with Crippen LogP contribution in [0, 0.1) is 11.3 Å². The van der Waals surface area contributed by atoms with Crippen molar-refractivity contribution in [3.8, 4) is 11.8 Å². The Morgan fingerprint density at radius 3 is 2.50 bits per heavy atom. The molecule has 2 heterocycles. The number of likely N-dealkylation sites (N-methyl/N-ethyl adjacent to an activating group) is 1. The summed E-state index contributed by atoms with van der Waals surface area (Å²) in [4.78, 5) is 38.7. The second-order valence-corrected chi connectivity index (χ2v) is 7.67. The number of fused-ring (bicyclic) bond motifs is 1. The van der Waals surface area contributed by atoms with Crippen LogP contribution < -0.4 is 15.8 Å². The first kappa shape index (κ1) is 21.3. The number of benzene rings is 1. The summed E-state index contributed by atoms with van der Waals surface area (Å²) in [5, 5.41) is 11.9. The lowest BCUT2D eigenvalue weighted by Crippen LogP contribution is -2.39. The van der Waals surface area contributed by atoms with E-state index in [1.807, 2.05) is 0 Å². The van der Waals surface area contributed by atoms with E-state index in [-0.39, 0.29) is 23.4 Å². The van der Waals surface area contributed by atoms with Crippen molar-refractivity contribution >= 4 is 29.5 Å². The van der Waals surface area contributed by atoms with Gasteiger partial charge in [-0.15, -0.1) is 0 Å². The maximum Gasteiger partial charge on any atom is 0.307 e. The van der Waals surface area contributed by atoms with Crippen LogP contribution in [-0.4, -0.2) is 49.2 Å². The third kappa shape index (κ3) is 3.48. The fourth-order valence-corrected chi connectivity index (χ4v) is 4.73. The van der Waals surface area contributed by atoms with E-state index in [9.17, 15) is 19.6 Å². The molecule has 0 saturated carbocycles. The van der Waals surface area contributed by atoms with E-state index < -0.39 is 29.0 Å². The third-order valence-corrected chi connectivity index (χ3v) is 6.18. The fraction of sp³-hybridized carbons (Fsp3) is 0.300. The number of methoxy groups -OCH3 is 2. The van der Waals surface area contributed by atoms with Gasteiger partial charge in [-0.25, -0.2) is 0 Å². The molecule has 1 fully saturated rings. The molecule has 156 valence electrons. The number of hydrogen-bond donors (Lipinski definition) is 2. The van der Waals surface area contributed by atoms with Gasteiger partial charge < -0.3 is 20.5 Å². The molecule has 9 nitrogen and oxygen atoms in total. The lowest BCUT2D eigenvalue weighted by Gasteiger charge is -2.31. The molecule has 0 bridgehead atoms. The lowest BCUT2D eigenvalue weighted by atomic mass is 9.82. The second-order valence-electron chi connectivity index (χ2n) is 6.48. The number of hydrogen-bond acceptors (Lipinski definition) is 8. The van der Waals surface area contributed by atoms with E-state index in [1.165, 1.54) is 21.3 Å². The second kappa shape index (κ2) is 8.51. The summed E-state index contributed by atoms with van der Waals surface area (Å²) in [6, 6.07) is 8.96. The SMILES string of the molecule is CNC(=O)C1=C2SC(CC(=O)OC)C(=O)N2C(N)=C(C#N)C1c1ccc(OC)cc1. The molecule has 2 atom stereocenters. The number of thioether (sulfide) groups is 1. The minimum absolute atomic E-state index is 0.0502. The van der Waals surface area contributed by atoms with E-state index in [1.54, 1.807) is 24.3 Å². The minimum Gasteiger partial charge on any atom is -0.497 e. The number of nitrogens with two attached hydrogens (primary N) is 1. The van der Waals surface area contributed by atoms with Gasteiger partial charge in [0, 0.05) is 7.05 Å². The van der Waals surface area contributed by atoms with E-state index in [0.29, 0.717) is 16.3 Å². The van der Waals surface area contributed by atoms with Crippen LogP contribution in [0.25, 0.3) is 0 Å². The molecule has 0 aromatic heterocycles. The molecule has 2 amide bonds. The molecule has 0 spiro atoms. The number of nitrogens with one attached hydrogen (secondary N) is 1. The predicted octanol–water partition coefficient (Wildman–Crippen LogP) is 0.951. The highest BCUT2D eigenvalue weighted by Crippen LogP contribution is 2.49. The van der Waals surface area contributed by atoms with Gasteiger partial charge in [0.15, 0.2) is 0 Å². The molecular formula is C20H20N4O5S. The lowest BCUT2D eigenvalue weighted by molar-refractivity contribution is -0.142. The Morgan fingerprint density at radius 2 is 1.97 bits per heavy atom. The van der Waals surface area contributed by atoms with Gasteiger partial charge in [0.2, 0.25) is 5.91 Å². The molecule has 0 radical (unpaired) electrons. The van der Waals surface area contributed by atoms with E-state index in [4.69, 9.17) is 10.5 Å². The Bertz CT molecular complexity index is 1010. The highest BCUT2D eigenvalue weighted by molar-refractivity contribution is 8.04. The molecule has 1 saturated heterocycles. The Balaban J connectivity index is 2.18. The van der Waals surface area contributed by atoms with Crippen LogP contribution in [0.3, 0.4) is 0 Å². The van der Waals surface area contributed by atoms with Crippen LogP contribution in [0.5, 0.6) is 5.75 Å². The molecule has 1 aromatic carbocycles. The van der Waals surface area contributed by atoms with Gasteiger partial charge in [-0.1, -0.05) is 23.9 Å². The van der Waals surface area contributed by atoms with Crippen LogP contribution in [-0.2, 0) is 19.1 Å². The van der Waals surface area contributed by atoms with E-state index in [2.05, 4.69) is 16.1 Å². The minimum atomic E-state index is -0.805. The summed E-state index contributed by atoms with van der Waals surface area (Å²) in [5.74, 6) is -1.69. The molecule has 2 aliphatic heterocycles. The highest BCUT2D eigenvalue weighted by atomic mass is 32.2. The van der Waals surface area contributed by atoms with Gasteiger partial charge in [-0.05, 0) is 17.7 Å². The molecule has 2 unspecified atom stereocenters. The van der Waals surface area contributed by atoms with Crippen molar-refractivity contribution in [3.63, 3.8) is 0 Å². The van der Waals surface area contributed by atoms with Crippen LogP contribution in [0.15, 0.2) is 46.3 Å². The number of carbonyl (C=O) groups excluding carboxylic acids is 3. The monoisotopic (exact) mass is 428 g/mol. The van der Waals surface area contributed by atoms with Gasteiger partial charge in [0.05, 0.1) is 48.8 Å². The number of carbonyl (C=O) groups is 3. The van der Waals surface area contributed by atoms with Crippen molar-refractivity contribution < 1.29 is 23.9 Å². The zero-order valence-corrected chi connectivity index (χ0v) is 17.4. The first-order valence-corrected chi connectivity index (χ1v) is 9.83. The Hall–Kier alpha value is -3.45. The Labute approximate surface area is 177 Å². The van der Waals surface area contributed by atoms with Gasteiger partial charge in [0.25, 0.3) is 5.91 Å². The Morgan fingerprint density at radius 1 is 1.30 bits per heavy atom. The quantitative estimate of drug-likeness (QED) is 0.662. The molecule has 3 rings (SSSR count). The van der Waals surface area contributed by atoms with Crippen molar-refractivity contribution in [2.75, 3.05) is 21.3 Å². The highest BCUT2D eigenvalue weighted by Gasteiger charge is 2.48. The summed E-state index contributed by atoms with van der Waals surface area (Å²) in [6.45, 7) is 0. The van der Waals surface area contributed by atoms with Crippen LogP contribution in [0.1, 0.15) is 17.9 Å². The summed E-state index contributed by atoms with van der Waals surface area (Å²) in [6.07, 6.45) is -0.177. The third-order valence-electron chi connectivity index (χ3n) is 4.90. The largest absolute Gasteiger partial charge is 0.497 e. The topological polar surface area (TPSA) is 135 Å². The summed E-state index contributed by atoms with van der Waals surface area (Å²) < 4.78 is 9.84. The van der Waals surface area contributed by atoms with E-state index >= 15 is 0 Å².